The van der Waals surface area contributed by atoms with Crippen LogP contribution in [0.1, 0.15) is 19.4 Å². The van der Waals surface area contributed by atoms with Gasteiger partial charge in [-0.15, -0.1) is 0 Å². The number of rotatable bonds is 8. The first-order valence-corrected chi connectivity index (χ1v) is 11.2. The minimum Gasteiger partial charge on any atom is -0.338 e. The molecule has 0 saturated heterocycles. The molecule has 0 amide bonds. The summed E-state index contributed by atoms with van der Waals surface area (Å²) in [6, 6.07) is 15.1. The maximum absolute atomic E-state index is 12.7. The summed E-state index contributed by atoms with van der Waals surface area (Å²) >= 11 is 0. The Hall–Kier alpha value is -1.22. The van der Waals surface area contributed by atoms with Crippen molar-refractivity contribution in [2.24, 2.45) is 0 Å². The molecule has 0 bridgehead atoms. The molecule has 0 aliphatic rings. The van der Waals surface area contributed by atoms with Gasteiger partial charge in [-0.05, 0) is 43.7 Å². The quantitative estimate of drug-likeness (QED) is 0.720. The second-order valence-electron chi connectivity index (χ2n) is 5.18. The molecule has 2 aromatic carbocycles. The van der Waals surface area contributed by atoms with Crippen LogP contribution in [0.4, 0.5) is 0 Å². The van der Waals surface area contributed by atoms with E-state index >= 15 is 0 Å². The fourth-order valence-corrected chi connectivity index (χ4v) is 5.46. The van der Waals surface area contributed by atoms with Crippen molar-refractivity contribution >= 4 is 25.6 Å². The summed E-state index contributed by atoms with van der Waals surface area (Å²) in [5.74, 6) is 0. The Bertz CT molecular complexity index is 733. The highest BCUT2D eigenvalue weighted by Gasteiger charge is 2.26. The van der Waals surface area contributed by atoms with Crippen molar-refractivity contribution in [2.75, 3.05) is 13.2 Å². The van der Waals surface area contributed by atoms with Crippen LogP contribution in [0.5, 0.6) is 0 Å². The monoisotopic (exact) mass is 368 g/mol. The Labute approximate surface area is 142 Å². The van der Waals surface area contributed by atoms with Crippen molar-refractivity contribution in [2.45, 2.75) is 20.0 Å². The Morgan fingerprint density at radius 1 is 0.833 bits per heavy atom. The van der Waals surface area contributed by atoms with Gasteiger partial charge in [-0.2, -0.15) is 0 Å². The molecule has 1 N–H and O–H groups in total. The molecule has 0 aliphatic heterocycles. The van der Waals surface area contributed by atoms with E-state index in [1.807, 2.05) is 0 Å². The van der Waals surface area contributed by atoms with Gasteiger partial charge in [-0.3, -0.25) is 9.13 Å². The molecule has 1 atom stereocenters. The summed E-state index contributed by atoms with van der Waals surface area (Å²) in [5.41, 5.74) is 0.733. The third kappa shape index (κ3) is 4.66. The maximum Gasteiger partial charge on any atom is 0.335 e. The maximum atomic E-state index is 12.7. The zero-order chi connectivity index (χ0) is 17.6. The van der Waals surface area contributed by atoms with Crippen molar-refractivity contribution in [3.63, 3.8) is 0 Å². The van der Waals surface area contributed by atoms with Gasteiger partial charge < -0.3 is 13.9 Å². The molecular formula is C17H22O5P2. The predicted molar refractivity (Wildman–Crippen MR) is 96.5 cm³/mol. The van der Waals surface area contributed by atoms with Crippen LogP contribution in [-0.2, 0) is 24.3 Å². The summed E-state index contributed by atoms with van der Waals surface area (Å²) < 4.78 is 35.7. The lowest BCUT2D eigenvalue weighted by Gasteiger charge is -2.17. The summed E-state index contributed by atoms with van der Waals surface area (Å²) in [5, 5.41) is 0.715. The van der Waals surface area contributed by atoms with E-state index in [1.54, 1.807) is 68.4 Å². The first-order chi connectivity index (χ1) is 11.4. The van der Waals surface area contributed by atoms with E-state index in [9.17, 15) is 14.0 Å². The van der Waals surface area contributed by atoms with E-state index in [0.717, 1.165) is 5.56 Å². The summed E-state index contributed by atoms with van der Waals surface area (Å²) in [4.78, 5) is 10.4. The van der Waals surface area contributed by atoms with Gasteiger partial charge in [0.25, 0.3) is 7.37 Å². The van der Waals surface area contributed by atoms with Crippen LogP contribution in [0.15, 0.2) is 54.6 Å². The molecule has 7 heteroatoms. The summed E-state index contributed by atoms with van der Waals surface area (Å²) in [6.45, 7) is 4.12. The largest absolute Gasteiger partial charge is 0.338 e. The minimum atomic E-state index is -3.63. The number of benzene rings is 2. The third-order valence-electron chi connectivity index (χ3n) is 3.42. The van der Waals surface area contributed by atoms with Crippen LogP contribution >= 0.6 is 15.0 Å². The van der Waals surface area contributed by atoms with E-state index in [1.165, 1.54) is 0 Å². The summed E-state index contributed by atoms with van der Waals surface area (Å²) in [7, 11) is -6.81. The van der Waals surface area contributed by atoms with E-state index in [4.69, 9.17) is 9.05 Å². The van der Waals surface area contributed by atoms with Crippen molar-refractivity contribution in [1.82, 2.24) is 0 Å². The SMILES string of the molecule is CCOP(=O)(Cc1ccc(P(=O)(O)c2ccccc2)cc1)OCC. The van der Waals surface area contributed by atoms with Gasteiger partial charge in [0.15, 0.2) is 0 Å². The lowest BCUT2D eigenvalue weighted by Crippen LogP contribution is -2.15. The standard InChI is InChI=1S/C17H22O5P2/c1-3-21-23(18,22-4-2)14-15-10-12-17(13-11-15)24(19,20)16-8-6-5-7-9-16/h5-13H,3-4,14H2,1-2H3,(H,19,20). The normalized spacial score (nSPS) is 14.3. The molecule has 0 aliphatic carbocycles. The van der Waals surface area contributed by atoms with E-state index in [0.29, 0.717) is 23.8 Å². The van der Waals surface area contributed by atoms with Crippen molar-refractivity contribution < 1.29 is 23.1 Å². The van der Waals surface area contributed by atoms with Crippen LogP contribution in [0.2, 0.25) is 0 Å². The fraction of sp³-hybridized carbons (Fsp3) is 0.294. The predicted octanol–water partition coefficient (Wildman–Crippen LogP) is 3.67. The molecule has 2 aromatic rings. The van der Waals surface area contributed by atoms with E-state index < -0.39 is 15.0 Å². The van der Waals surface area contributed by atoms with E-state index in [-0.39, 0.29) is 6.16 Å². The van der Waals surface area contributed by atoms with Crippen LogP contribution in [0.25, 0.3) is 0 Å². The molecule has 1 unspecified atom stereocenters. The van der Waals surface area contributed by atoms with Gasteiger partial charge in [0.2, 0.25) is 0 Å². The molecule has 130 valence electrons. The number of hydrogen-bond acceptors (Lipinski definition) is 4. The topological polar surface area (TPSA) is 72.8 Å². The second-order valence-corrected chi connectivity index (χ2v) is 9.42. The summed E-state index contributed by atoms with van der Waals surface area (Å²) in [6.07, 6.45) is 0.135. The molecule has 5 nitrogen and oxygen atoms in total. The van der Waals surface area contributed by atoms with Gasteiger partial charge in [0.1, 0.15) is 0 Å². The van der Waals surface area contributed by atoms with Crippen molar-refractivity contribution in [1.29, 1.82) is 0 Å². The first kappa shape index (κ1) is 19.1. The molecule has 0 radical (unpaired) electrons. The average Bonchev–Trinajstić information content (AvgIpc) is 2.56. The van der Waals surface area contributed by atoms with Gasteiger partial charge in [-0.1, -0.05) is 30.3 Å². The lowest BCUT2D eigenvalue weighted by molar-refractivity contribution is 0.219. The Morgan fingerprint density at radius 3 is 1.83 bits per heavy atom. The molecular weight excluding hydrogens is 346 g/mol. The molecule has 0 heterocycles. The molecule has 0 fully saturated rings. The van der Waals surface area contributed by atoms with Gasteiger partial charge >= 0.3 is 7.60 Å². The lowest BCUT2D eigenvalue weighted by atomic mass is 10.2. The van der Waals surface area contributed by atoms with Crippen LogP contribution in [0, 0.1) is 0 Å². The Morgan fingerprint density at radius 2 is 1.33 bits per heavy atom. The van der Waals surface area contributed by atoms with Crippen LogP contribution in [0.3, 0.4) is 0 Å². The Kier molecular flexibility index (Phi) is 6.56. The minimum absolute atomic E-state index is 0.135. The van der Waals surface area contributed by atoms with Crippen molar-refractivity contribution in [3.05, 3.63) is 60.2 Å². The molecule has 0 saturated carbocycles. The highest BCUT2D eigenvalue weighted by atomic mass is 31.2. The highest BCUT2D eigenvalue weighted by molar-refractivity contribution is 7.73. The fourth-order valence-electron chi connectivity index (χ4n) is 2.33. The molecule has 24 heavy (non-hydrogen) atoms. The number of hydrogen-bond donors (Lipinski definition) is 1. The second kappa shape index (κ2) is 8.24. The smallest absolute Gasteiger partial charge is 0.335 e. The molecule has 0 spiro atoms. The van der Waals surface area contributed by atoms with Crippen molar-refractivity contribution in [3.8, 4) is 0 Å². The van der Waals surface area contributed by atoms with Crippen LogP contribution < -0.4 is 10.6 Å². The zero-order valence-electron chi connectivity index (χ0n) is 13.8. The van der Waals surface area contributed by atoms with Gasteiger partial charge in [0, 0.05) is 10.6 Å². The average molecular weight is 368 g/mol. The van der Waals surface area contributed by atoms with E-state index in [2.05, 4.69) is 0 Å². The molecule has 0 aromatic heterocycles. The third-order valence-corrected chi connectivity index (χ3v) is 7.47. The first-order valence-electron chi connectivity index (χ1n) is 7.77. The zero-order valence-corrected chi connectivity index (χ0v) is 15.6. The van der Waals surface area contributed by atoms with Gasteiger partial charge in [0.05, 0.1) is 19.4 Å². The Balaban J connectivity index is 2.22. The molecule has 2 rings (SSSR count). The van der Waals surface area contributed by atoms with Gasteiger partial charge in [-0.25, -0.2) is 0 Å². The highest BCUT2D eigenvalue weighted by Crippen LogP contribution is 2.51. The van der Waals surface area contributed by atoms with Crippen LogP contribution in [-0.4, -0.2) is 18.1 Å².